The summed E-state index contributed by atoms with van der Waals surface area (Å²) in [6.45, 7) is 0. The molecule has 0 bridgehead atoms. The molecule has 1 aliphatic rings. The maximum atomic E-state index is 11.2. The van der Waals surface area contributed by atoms with Crippen LogP contribution in [0.4, 0.5) is 0 Å². The number of rotatable bonds is 1. The molecule has 0 atom stereocenters. The zero-order valence-electron chi connectivity index (χ0n) is 10.8. The third-order valence-electron chi connectivity index (χ3n) is 2.79. The van der Waals surface area contributed by atoms with E-state index in [0.717, 1.165) is 36.1 Å². The van der Waals surface area contributed by atoms with E-state index >= 15 is 0 Å². The summed E-state index contributed by atoms with van der Waals surface area (Å²) >= 11 is 0. The highest BCUT2D eigenvalue weighted by atomic mass is 16.5. The fourth-order valence-electron chi connectivity index (χ4n) is 1.85. The number of ether oxygens (including phenoxy) is 1. The van der Waals surface area contributed by atoms with Crippen molar-refractivity contribution in [2.24, 2.45) is 0 Å². The highest BCUT2D eigenvalue weighted by molar-refractivity contribution is 5.83. The average Bonchev–Trinajstić information content (AvgIpc) is 2.46. The lowest BCUT2D eigenvalue weighted by molar-refractivity contribution is -0.134. The molecule has 0 spiro atoms. The van der Waals surface area contributed by atoms with Crippen LogP contribution in [0.3, 0.4) is 0 Å². The maximum Gasteiger partial charge on any atom is 0.330 e. The molecule has 1 heterocycles. The van der Waals surface area contributed by atoms with Crippen molar-refractivity contribution in [1.82, 2.24) is 4.98 Å². The van der Waals surface area contributed by atoms with Crippen molar-refractivity contribution in [2.75, 3.05) is 7.11 Å². The second-order valence-corrected chi connectivity index (χ2v) is 4.23. The molecule has 96 valence electrons. The van der Waals surface area contributed by atoms with Crippen LogP contribution in [-0.2, 0) is 9.53 Å². The van der Waals surface area contributed by atoms with Gasteiger partial charge in [-0.05, 0) is 49.0 Å². The Balaban J connectivity index is 2.15. The van der Waals surface area contributed by atoms with E-state index in [1.807, 2.05) is 24.3 Å². The Labute approximate surface area is 113 Å². The fourth-order valence-corrected chi connectivity index (χ4v) is 1.85. The monoisotopic (exact) mass is 253 g/mol. The molecule has 0 fully saturated rings. The van der Waals surface area contributed by atoms with E-state index in [-0.39, 0.29) is 5.97 Å². The highest BCUT2D eigenvalue weighted by Gasteiger charge is 2.07. The first-order chi connectivity index (χ1) is 9.28. The van der Waals surface area contributed by atoms with Crippen molar-refractivity contribution in [3.8, 4) is 11.8 Å². The number of carbonyl (C=O) groups is 1. The van der Waals surface area contributed by atoms with E-state index in [4.69, 9.17) is 0 Å². The number of hydrogen-bond donors (Lipinski definition) is 0. The van der Waals surface area contributed by atoms with Gasteiger partial charge in [0.25, 0.3) is 0 Å². The summed E-state index contributed by atoms with van der Waals surface area (Å²) in [4.78, 5) is 15.3. The zero-order valence-corrected chi connectivity index (χ0v) is 10.8. The molecule has 0 N–H and O–H groups in total. The first-order valence-corrected chi connectivity index (χ1v) is 6.20. The minimum absolute atomic E-state index is 0.315. The summed E-state index contributed by atoms with van der Waals surface area (Å²) in [6.07, 6.45) is 8.06. The van der Waals surface area contributed by atoms with Gasteiger partial charge in [-0.1, -0.05) is 12.0 Å². The van der Waals surface area contributed by atoms with Gasteiger partial charge in [-0.3, -0.25) is 0 Å². The summed E-state index contributed by atoms with van der Waals surface area (Å²) in [5.74, 6) is 5.83. The molecule has 2 rings (SSSR count). The number of hydrogen-bond acceptors (Lipinski definition) is 3. The van der Waals surface area contributed by atoms with Gasteiger partial charge in [0.15, 0.2) is 0 Å². The fraction of sp³-hybridized carbons (Fsp3) is 0.250. The second-order valence-electron chi connectivity index (χ2n) is 4.23. The standard InChI is InChI=1S/C16H15NO2/c1-19-16(18)12-14-6-4-5-13(11-14)8-9-15-7-2-3-10-17-15/h2-3,7,10-12H,4-6H2,1H3. The van der Waals surface area contributed by atoms with Crippen molar-refractivity contribution in [1.29, 1.82) is 0 Å². The number of allylic oxidation sites excluding steroid dienone is 3. The largest absolute Gasteiger partial charge is 0.466 e. The molecule has 1 aromatic heterocycles. The highest BCUT2D eigenvalue weighted by Crippen LogP contribution is 2.21. The molecule has 0 saturated heterocycles. The van der Waals surface area contributed by atoms with Gasteiger partial charge in [-0.2, -0.15) is 0 Å². The van der Waals surface area contributed by atoms with E-state index < -0.39 is 0 Å². The minimum Gasteiger partial charge on any atom is -0.466 e. The average molecular weight is 253 g/mol. The minimum atomic E-state index is -0.315. The molecule has 1 aromatic rings. The summed E-state index contributed by atoms with van der Waals surface area (Å²) in [7, 11) is 1.38. The van der Waals surface area contributed by atoms with Gasteiger partial charge in [-0.15, -0.1) is 0 Å². The Kier molecular flexibility index (Phi) is 4.52. The van der Waals surface area contributed by atoms with Gasteiger partial charge in [0, 0.05) is 17.8 Å². The number of carbonyl (C=O) groups excluding carboxylic acids is 1. The zero-order chi connectivity index (χ0) is 13.5. The molecule has 0 amide bonds. The summed E-state index contributed by atoms with van der Waals surface area (Å²) in [6, 6.07) is 5.65. The van der Waals surface area contributed by atoms with Crippen molar-refractivity contribution >= 4 is 5.97 Å². The van der Waals surface area contributed by atoms with Gasteiger partial charge in [0.05, 0.1) is 7.11 Å². The maximum absolute atomic E-state index is 11.2. The lowest BCUT2D eigenvalue weighted by Crippen LogP contribution is -2.00. The predicted octanol–water partition coefficient (Wildman–Crippen LogP) is 2.64. The molecule has 0 aromatic carbocycles. The SMILES string of the molecule is COC(=O)C=C1C=C(C#Cc2ccccn2)CCC1. The molecule has 0 saturated carbocycles. The Morgan fingerprint density at radius 2 is 2.26 bits per heavy atom. The molecule has 19 heavy (non-hydrogen) atoms. The molecular formula is C16H15NO2. The molecule has 0 radical (unpaired) electrons. The lowest BCUT2D eigenvalue weighted by Gasteiger charge is -2.10. The quantitative estimate of drug-likeness (QED) is 0.439. The predicted molar refractivity (Wildman–Crippen MR) is 73.1 cm³/mol. The van der Waals surface area contributed by atoms with Crippen molar-refractivity contribution in [2.45, 2.75) is 19.3 Å². The van der Waals surface area contributed by atoms with Crippen molar-refractivity contribution in [3.63, 3.8) is 0 Å². The number of esters is 1. The smallest absolute Gasteiger partial charge is 0.330 e. The van der Waals surface area contributed by atoms with Crippen LogP contribution < -0.4 is 0 Å². The van der Waals surface area contributed by atoms with Crippen LogP contribution in [-0.4, -0.2) is 18.1 Å². The number of nitrogens with zero attached hydrogens (tertiary/aromatic N) is 1. The normalized spacial score (nSPS) is 16.3. The van der Waals surface area contributed by atoms with Crippen LogP contribution in [0.25, 0.3) is 0 Å². The van der Waals surface area contributed by atoms with Crippen LogP contribution in [0.5, 0.6) is 0 Å². The first-order valence-electron chi connectivity index (χ1n) is 6.20. The van der Waals surface area contributed by atoms with Gasteiger partial charge in [0.2, 0.25) is 0 Å². The Bertz CT molecular complexity index is 574. The van der Waals surface area contributed by atoms with Crippen molar-refractivity contribution in [3.05, 3.63) is 53.4 Å². The number of aromatic nitrogens is 1. The van der Waals surface area contributed by atoms with Crippen LogP contribution >= 0.6 is 0 Å². The Hall–Kier alpha value is -2.34. The number of methoxy groups -OCH3 is 1. The van der Waals surface area contributed by atoms with E-state index in [9.17, 15) is 4.79 Å². The summed E-state index contributed by atoms with van der Waals surface area (Å²) < 4.78 is 4.63. The molecule has 3 nitrogen and oxygen atoms in total. The first kappa shape index (κ1) is 13.1. The number of pyridine rings is 1. The molecule has 0 aliphatic heterocycles. The topological polar surface area (TPSA) is 39.2 Å². The lowest BCUT2D eigenvalue weighted by atomic mass is 9.95. The van der Waals surface area contributed by atoms with E-state index in [0.29, 0.717) is 0 Å². The molecule has 3 heteroatoms. The van der Waals surface area contributed by atoms with Crippen molar-refractivity contribution < 1.29 is 9.53 Å². The van der Waals surface area contributed by atoms with Gasteiger partial charge in [-0.25, -0.2) is 9.78 Å². The Morgan fingerprint density at radius 3 is 3.00 bits per heavy atom. The van der Waals surface area contributed by atoms with Gasteiger partial charge in [0.1, 0.15) is 5.69 Å². The summed E-state index contributed by atoms with van der Waals surface area (Å²) in [5.41, 5.74) is 2.77. The molecular weight excluding hydrogens is 238 g/mol. The van der Waals surface area contributed by atoms with E-state index in [1.54, 1.807) is 6.20 Å². The van der Waals surface area contributed by atoms with Gasteiger partial charge < -0.3 is 4.74 Å². The van der Waals surface area contributed by atoms with Crippen LogP contribution in [0.1, 0.15) is 25.0 Å². The van der Waals surface area contributed by atoms with E-state index in [2.05, 4.69) is 21.6 Å². The molecule has 0 unspecified atom stereocenters. The second kappa shape index (κ2) is 6.55. The van der Waals surface area contributed by atoms with Gasteiger partial charge >= 0.3 is 5.97 Å². The third kappa shape index (κ3) is 4.11. The Morgan fingerprint density at radius 1 is 1.37 bits per heavy atom. The molecule has 1 aliphatic carbocycles. The van der Waals surface area contributed by atoms with Crippen LogP contribution in [0.2, 0.25) is 0 Å². The summed E-state index contributed by atoms with van der Waals surface area (Å²) in [5, 5.41) is 0. The van der Waals surface area contributed by atoms with Crippen LogP contribution in [0, 0.1) is 11.8 Å². The van der Waals surface area contributed by atoms with E-state index in [1.165, 1.54) is 13.2 Å². The third-order valence-corrected chi connectivity index (χ3v) is 2.79. The van der Waals surface area contributed by atoms with Crippen LogP contribution in [0.15, 0.2) is 47.7 Å².